The molecule has 0 spiro atoms. The number of sulfonamides is 1. The number of H-pyrrole nitrogens is 1. The van der Waals surface area contributed by atoms with Gasteiger partial charge in [0.05, 0.1) is 22.0 Å². The lowest BCUT2D eigenvalue weighted by Crippen LogP contribution is -2.30. The van der Waals surface area contributed by atoms with Crippen LogP contribution in [0.5, 0.6) is 0 Å². The second-order valence-corrected chi connectivity index (χ2v) is 11.1. The minimum Gasteiger partial charge on any atom is -0.251 e. The number of halogens is 5. The van der Waals surface area contributed by atoms with Crippen molar-refractivity contribution < 1.29 is 26.0 Å². The topological polar surface area (TPSA) is 91.8 Å². The number of hydrogen-bond acceptors (Lipinski definition) is 6. The van der Waals surface area contributed by atoms with Crippen molar-refractivity contribution in [1.82, 2.24) is 20.6 Å². The van der Waals surface area contributed by atoms with Gasteiger partial charge in [0, 0.05) is 15.6 Å². The number of anilines is 1. The first-order chi connectivity index (χ1) is 17.6. The number of aromatic nitrogens is 4. The summed E-state index contributed by atoms with van der Waals surface area (Å²) in [6, 6.07) is 15.0. The van der Waals surface area contributed by atoms with Crippen LogP contribution in [0, 0.1) is 5.82 Å². The highest BCUT2D eigenvalue weighted by molar-refractivity contribution is 7.93. The number of rotatable bonds is 6. The molecule has 1 N–H and O–H groups in total. The smallest absolute Gasteiger partial charge is 0.251 e. The molecule has 5 rings (SSSR count). The Morgan fingerprint density at radius 2 is 1.81 bits per heavy atom. The fourth-order valence-electron chi connectivity index (χ4n) is 3.69. The third-order valence-electron chi connectivity index (χ3n) is 5.43. The summed E-state index contributed by atoms with van der Waals surface area (Å²) in [5, 5.41) is 14.3. The molecule has 14 heteroatoms. The van der Waals surface area contributed by atoms with Crippen molar-refractivity contribution in [3.63, 3.8) is 0 Å². The van der Waals surface area contributed by atoms with Crippen molar-refractivity contribution in [2.24, 2.45) is 0 Å². The highest BCUT2D eigenvalue weighted by atomic mass is 35.5. The number of aromatic amines is 1. The van der Waals surface area contributed by atoms with Gasteiger partial charge in [0.15, 0.2) is 0 Å². The van der Waals surface area contributed by atoms with E-state index in [1.54, 1.807) is 30.3 Å². The van der Waals surface area contributed by atoms with Crippen molar-refractivity contribution in [1.29, 1.82) is 0 Å². The molecule has 3 aromatic carbocycles. The first-order valence-corrected chi connectivity index (χ1v) is 13.1. The van der Waals surface area contributed by atoms with Gasteiger partial charge in [-0.15, -0.1) is 21.5 Å². The van der Waals surface area contributed by atoms with Crippen LogP contribution in [0.2, 0.25) is 5.02 Å². The maximum absolute atomic E-state index is 14.0. The number of nitrogens with one attached hydrogen (secondary N) is 1. The molecule has 2 aromatic heterocycles. The fraction of sp³-hybridized carbons (Fsp3) is 0.0870. The summed E-state index contributed by atoms with van der Waals surface area (Å²) in [7, 11) is -4.40. The summed E-state index contributed by atoms with van der Waals surface area (Å²) in [6.07, 6.45) is -4.96. The van der Waals surface area contributed by atoms with Gasteiger partial charge in [0.1, 0.15) is 10.8 Å². The molecule has 190 valence electrons. The van der Waals surface area contributed by atoms with Gasteiger partial charge in [-0.05, 0) is 41.1 Å². The molecule has 0 unspecified atom stereocenters. The largest absolute Gasteiger partial charge is 0.419 e. The van der Waals surface area contributed by atoms with E-state index in [1.807, 2.05) is 0 Å². The predicted octanol–water partition coefficient (Wildman–Crippen LogP) is 6.29. The van der Waals surface area contributed by atoms with Crippen LogP contribution in [0.15, 0.2) is 71.6 Å². The molecule has 0 aliphatic heterocycles. The summed E-state index contributed by atoms with van der Waals surface area (Å²) in [6.45, 7) is -0.537. The molecule has 0 aliphatic rings. The van der Waals surface area contributed by atoms with Crippen LogP contribution in [0.3, 0.4) is 0 Å². The number of thiophene rings is 1. The molecule has 7 nitrogen and oxygen atoms in total. The van der Waals surface area contributed by atoms with Gasteiger partial charge >= 0.3 is 6.18 Å². The normalized spacial score (nSPS) is 12.2. The maximum Gasteiger partial charge on any atom is 0.419 e. The number of nitrogens with zero attached hydrogens (tertiary/aromatic N) is 4. The highest BCUT2D eigenvalue weighted by Gasteiger charge is 2.35. The predicted molar refractivity (Wildman–Crippen MR) is 131 cm³/mol. The van der Waals surface area contributed by atoms with Crippen LogP contribution in [0.1, 0.15) is 11.1 Å². The van der Waals surface area contributed by atoms with Crippen LogP contribution in [0.4, 0.5) is 22.6 Å². The first kappa shape index (κ1) is 25.1. The first-order valence-electron chi connectivity index (χ1n) is 10.4. The number of alkyl halides is 3. The standard InChI is InChI=1S/C23H14ClF4N5O2S2/c24-20-16-6-1-2-7-19(16)36-22(20)33(12-13-8-9-18(25)17(10-13)23(26,27)28)37(34,35)15-5-3-4-14(11-15)21-29-31-32-30-21/h1-11H,12H2,(H,29,30,31,32). The van der Waals surface area contributed by atoms with Gasteiger partial charge in [0.2, 0.25) is 5.82 Å². The Morgan fingerprint density at radius 3 is 2.51 bits per heavy atom. The molecule has 0 bridgehead atoms. The van der Waals surface area contributed by atoms with Gasteiger partial charge < -0.3 is 0 Å². The van der Waals surface area contributed by atoms with Gasteiger partial charge in [-0.2, -0.15) is 18.4 Å². The average molecular weight is 568 g/mol. The molecular weight excluding hydrogens is 554 g/mol. The quantitative estimate of drug-likeness (QED) is 0.244. The third-order valence-corrected chi connectivity index (χ3v) is 8.98. The molecule has 0 fully saturated rings. The van der Waals surface area contributed by atoms with E-state index in [0.717, 1.165) is 21.7 Å². The summed E-state index contributed by atoms with van der Waals surface area (Å²) >= 11 is 7.65. The van der Waals surface area contributed by atoms with E-state index in [9.17, 15) is 26.0 Å². The number of hydrogen-bond donors (Lipinski definition) is 1. The molecule has 0 saturated carbocycles. The number of tetrazole rings is 1. The zero-order valence-corrected chi connectivity index (χ0v) is 20.8. The van der Waals surface area contributed by atoms with Gasteiger partial charge in [-0.3, -0.25) is 4.31 Å². The Labute approximate surface area is 216 Å². The molecule has 0 radical (unpaired) electrons. The Kier molecular flexibility index (Phi) is 6.38. The lowest BCUT2D eigenvalue weighted by molar-refractivity contribution is -0.140. The molecule has 37 heavy (non-hydrogen) atoms. The Balaban J connectivity index is 1.66. The van der Waals surface area contributed by atoms with E-state index < -0.39 is 34.1 Å². The molecule has 0 saturated heterocycles. The zero-order valence-electron chi connectivity index (χ0n) is 18.4. The number of fused-ring (bicyclic) bond motifs is 1. The van der Waals surface area contributed by atoms with E-state index >= 15 is 0 Å². The van der Waals surface area contributed by atoms with Crippen LogP contribution in [0.25, 0.3) is 21.5 Å². The maximum atomic E-state index is 14.0. The second-order valence-electron chi connectivity index (χ2n) is 7.80. The van der Waals surface area contributed by atoms with Crippen molar-refractivity contribution in [3.8, 4) is 11.4 Å². The monoisotopic (exact) mass is 567 g/mol. The van der Waals surface area contributed by atoms with Crippen LogP contribution in [-0.4, -0.2) is 29.0 Å². The van der Waals surface area contributed by atoms with Crippen molar-refractivity contribution >= 4 is 48.0 Å². The minimum atomic E-state index is -4.96. The van der Waals surface area contributed by atoms with Crippen molar-refractivity contribution in [3.05, 3.63) is 88.7 Å². The van der Waals surface area contributed by atoms with Gasteiger partial charge in [-0.1, -0.05) is 48.0 Å². The molecule has 0 aliphatic carbocycles. The van der Waals surface area contributed by atoms with E-state index in [-0.39, 0.29) is 26.3 Å². The van der Waals surface area contributed by atoms with Crippen LogP contribution < -0.4 is 4.31 Å². The highest BCUT2D eigenvalue weighted by Crippen LogP contribution is 2.44. The lowest BCUT2D eigenvalue weighted by atomic mass is 10.1. The van der Waals surface area contributed by atoms with E-state index in [0.29, 0.717) is 27.8 Å². The second kappa shape index (κ2) is 9.39. The summed E-state index contributed by atoms with van der Waals surface area (Å²) in [5.74, 6) is -1.31. The van der Waals surface area contributed by atoms with Crippen molar-refractivity contribution in [2.45, 2.75) is 17.6 Å². The SMILES string of the molecule is O=S(=O)(c1cccc(-c2nn[nH]n2)c1)N(Cc1ccc(F)c(C(F)(F)F)c1)c1sc2ccccc2c1Cl. The fourth-order valence-corrected chi connectivity index (χ4v) is 6.99. The van der Waals surface area contributed by atoms with Gasteiger partial charge in [0.25, 0.3) is 10.0 Å². The van der Waals surface area contributed by atoms with E-state index in [1.165, 1.54) is 18.2 Å². The molecule has 2 heterocycles. The Bertz CT molecular complexity index is 1710. The lowest BCUT2D eigenvalue weighted by Gasteiger charge is -2.24. The van der Waals surface area contributed by atoms with Crippen LogP contribution >= 0.6 is 22.9 Å². The summed E-state index contributed by atoms with van der Waals surface area (Å²) in [4.78, 5) is -0.179. The molecule has 0 amide bonds. The molecule has 5 aromatic rings. The summed E-state index contributed by atoms with van der Waals surface area (Å²) < 4.78 is 83.5. The number of benzene rings is 3. The summed E-state index contributed by atoms with van der Waals surface area (Å²) in [5.41, 5.74) is -1.23. The minimum absolute atomic E-state index is 0.0832. The molecule has 0 atom stereocenters. The van der Waals surface area contributed by atoms with E-state index in [2.05, 4.69) is 20.6 Å². The van der Waals surface area contributed by atoms with Crippen LogP contribution in [-0.2, 0) is 22.7 Å². The van der Waals surface area contributed by atoms with Crippen molar-refractivity contribution in [2.75, 3.05) is 4.31 Å². The van der Waals surface area contributed by atoms with E-state index in [4.69, 9.17) is 11.6 Å². The third kappa shape index (κ3) is 4.77. The Hall–Kier alpha value is -3.55. The van der Waals surface area contributed by atoms with Gasteiger partial charge in [-0.25, -0.2) is 12.8 Å². The zero-order chi connectivity index (χ0) is 26.4. The molecular formula is C23H14ClF4N5O2S2. The average Bonchev–Trinajstić information content (AvgIpc) is 3.52. The Morgan fingerprint density at radius 1 is 1.03 bits per heavy atom.